The number of hydrogen-bond acceptors (Lipinski definition) is 1. The third kappa shape index (κ3) is 1.58. The van der Waals surface area contributed by atoms with Crippen LogP contribution in [0.2, 0.25) is 0 Å². The Bertz CT molecular complexity index is 323. The van der Waals surface area contributed by atoms with E-state index in [1.54, 1.807) is 0 Å². The maximum absolute atomic E-state index is 10.9. The van der Waals surface area contributed by atoms with E-state index in [-0.39, 0.29) is 6.04 Å². The van der Waals surface area contributed by atoms with Crippen molar-refractivity contribution in [1.82, 2.24) is 4.90 Å². The van der Waals surface area contributed by atoms with Gasteiger partial charge < -0.3 is 10.0 Å². The quantitative estimate of drug-likeness (QED) is 0.738. The van der Waals surface area contributed by atoms with Gasteiger partial charge in [-0.05, 0) is 18.4 Å². The predicted octanol–water partition coefficient (Wildman–Crippen LogP) is 2.32. The Morgan fingerprint density at radius 1 is 1.36 bits per heavy atom. The lowest BCUT2D eigenvalue weighted by atomic mass is 10.1. The minimum atomic E-state index is -0.840. The van der Waals surface area contributed by atoms with Crippen LogP contribution in [-0.4, -0.2) is 22.6 Å². The van der Waals surface area contributed by atoms with Crippen LogP contribution in [0, 0.1) is 6.42 Å². The van der Waals surface area contributed by atoms with Crippen molar-refractivity contribution in [2.75, 3.05) is 6.54 Å². The fourth-order valence-corrected chi connectivity index (χ4v) is 1.82. The average molecular weight is 190 g/mol. The second-order valence-electron chi connectivity index (χ2n) is 3.36. The molecular weight excluding hydrogens is 178 g/mol. The minimum absolute atomic E-state index is 0.0614. The van der Waals surface area contributed by atoms with Gasteiger partial charge in [-0.25, -0.2) is 4.79 Å². The SMILES string of the molecule is O=C(O)N1CC[CH]C1c1ccccc1. The first-order valence-corrected chi connectivity index (χ1v) is 4.67. The molecule has 0 bridgehead atoms. The van der Waals surface area contributed by atoms with Gasteiger partial charge in [-0.1, -0.05) is 30.3 Å². The molecule has 1 N–H and O–H groups in total. The highest BCUT2D eigenvalue weighted by Crippen LogP contribution is 2.30. The Balaban J connectivity index is 2.22. The van der Waals surface area contributed by atoms with E-state index in [2.05, 4.69) is 0 Å². The Kier molecular flexibility index (Phi) is 2.39. The molecule has 1 aromatic carbocycles. The van der Waals surface area contributed by atoms with Gasteiger partial charge in [0, 0.05) is 6.54 Å². The number of hydrogen-bond donors (Lipinski definition) is 1. The number of benzene rings is 1. The molecule has 1 unspecified atom stereocenters. The lowest BCUT2D eigenvalue weighted by Gasteiger charge is -2.21. The fourth-order valence-electron chi connectivity index (χ4n) is 1.82. The zero-order chi connectivity index (χ0) is 9.97. The Labute approximate surface area is 83.0 Å². The molecule has 1 aromatic rings. The van der Waals surface area contributed by atoms with Crippen molar-refractivity contribution in [3.05, 3.63) is 42.3 Å². The van der Waals surface area contributed by atoms with Crippen LogP contribution in [0.25, 0.3) is 0 Å². The molecule has 2 rings (SSSR count). The summed E-state index contributed by atoms with van der Waals surface area (Å²) in [4.78, 5) is 12.4. The number of carboxylic acid groups (broad SMARTS) is 1. The highest BCUT2D eigenvalue weighted by Gasteiger charge is 2.29. The van der Waals surface area contributed by atoms with Crippen LogP contribution in [0.15, 0.2) is 30.3 Å². The molecule has 1 saturated heterocycles. The minimum Gasteiger partial charge on any atom is -0.465 e. The first-order chi connectivity index (χ1) is 6.79. The van der Waals surface area contributed by atoms with E-state index in [1.807, 2.05) is 36.8 Å². The second-order valence-corrected chi connectivity index (χ2v) is 3.36. The summed E-state index contributed by atoms with van der Waals surface area (Å²) in [6.45, 7) is 0.606. The Hall–Kier alpha value is -1.51. The number of amides is 1. The van der Waals surface area contributed by atoms with Gasteiger partial charge in [0.1, 0.15) is 0 Å². The molecule has 0 aromatic heterocycles. The van der Waals surface area contributed by atoms with Crippen LogP contribution in [0.4, 0.5) is 4.79 Å². The van der Waals surface area contributed by atoms with Crippen LogP contribution >= 0.6 is 0 Å². The van der Waals surface area contributed by atoms with Gasteiger partial charge in [-0.3, -0.25) is 0 Å². The van der Waals surface area contributed by atoms with Crippen molar-refractivity contribution in [2.24, 2.45) is 0 Å². The van der Waals surface area contributed by atoms with Crippen LogP contribution in [0.5, 0.6) is 0 Å². The smallest absolute Gasteiger partial charge is 0.407 e. The Morgan fingerprint density at radius 3 is 2.71 bits per heavy atom. The van der Waals surface area contributed by atoms with E-state index in [4.69, 9.17) is 5.11 Å². The molecular formula is C11H12NO2. The van der Waals surface area contributed by atoms with Gasteiger partial charge in [0.05, 0.1) is 6.04 Å². The average Bonchev–Trinajstić information content (AvgIpc) is 2.67. The van der Waals surface area contributed by atoms with Crippen LogP contribution in [0.1, 0.15) is 18.0 Å². The largest absolute Gasteiger partial charge is 0.465 e. The number of rotatable bonds is 1. The molecule has 1 aliphatic rings. The summed E-state index contributed by atoms with van der Waals surface area (Å²) in [6.07, 6.45) is 2.04. The number of nitrogens with zero attached hydrogens (tertiary/aromatic N) is 1. The zero-order valence-electron chi connectivity index (χ0n) is 7.76. The number of carbonyl (C=O) groups is 1. The first kappa shape index (κ1) is 9.06. The molecule has 14 heavy (non-hydrogen) atoms. The van der Waals surface area contributed by atoms with Crippen molar-refractivity contribution >= 4 is 6.09 Å². The predicted molar refractivity (Wildman–Crippen MR) is 52.8 cm³/mol. The first-order valence-electron chi connectivity index (χ1n) is 4.67. The molecule has 0 spiro atoms. The maximum atomic E-state index is 10.9. The van der Waals surface area contributed by atoms with Crippen LogP contribution < -0.4 is 0 Å². The van der Waals surface area contributed by atoms with Gasteiger partial charge in [0.25, 0.3) is 0 Å². The van der Waals surface area contributed by atoms with Crippen molar-refractivity contribution in [3.8, 4) is 0 Å². The van der Waals surface area contributed by atoms with E-state index < -0.39 is 6.09 Å². The molecule has 1 fully saturated rings. The highest BCUT2D eigenvalue weighted by atomic mass is 16.4. The van der Waals surface area contributed by atoms with Gasteiger partial charge in [-0.15, -0.1) is 0 Å². The Morgan fingerprint density at radius 2 is 2.07 bits per heavy atom. The summed E-state index contributed by atoms with van der Waals surface area (Å²) >= 11 is 0. The van der Waals surface area contributed by atoms with Crippen molar-refractivity contribution in [1.29, 1.82) is 0 Å². The molecule has 3 nitrogen and oxygen atoms in total. The molecule has 1 heterocycles. The fraction of sp³-hybridized carbons (Fsp3) is 0.273. The van der Waals surface area contributed by atoms with Crippen molar-refractivity contribution < 1.29 is 9.90 Å². The summed E-state index contributed by atoms with van der Waals surface area (Å²) in [5, 5.41) is 8.95. The van der Waals surface area contributed by atoms with Gasteiger partial charge in [0.15, 0.2) is 0 Å². The number of likely N-dealkylation sites (tertiary alicyclic amines) is 1. The normalized spacial score (nSPS) is 21.1. The molecule has 0 aliphatic carbocycles. The second kappa shape index (κ2) is 3.70. The molecule has 73 valence electrons. The lowest BCUT2D eigenvalue weighted by Crippen LogP contribution is -2.28. The summed E-state index contributed by atoms with van der Waals surface area (Å²) in [5.41, 5.74) is 1.05. The highest BCUT2D eigenvalue weighted by molar-refractivity contribution is 5.66. The zero-order valence-corrected chi connectivity index (χ0v) is 7.76. The van der Waals surface area contributed by atoms with Crippen LogP contribution in [-0.2, 0) is 0 Å². The maximum Gasteiger partial charge on any atom is 0.407 e. The summed E-state index contributed by atoms with van der Waals surface area (Å²) in [5.74, 6) is 0. The summed E-state index contributed by atoms with van der Waals surface area (Å²) in [7, 11) is 0. The van der Waals surface area contributed by atoms with E-state index in [9.17, 15) is 4.79 Å². The molecule has 0 saturated carbocycles. The van der Waals surface area contributed by atoms with Crippen LogP contribution in [0.3, 0.4) is 0 Å². The van der Waals surface area contributed by atoms with Gasteiger partial charge in [-0.2, -0.15) is 0 Å². The van der Waals surface area contributed by atoms with E-state index in [1.165, 1.54) is 4.90 Å². The molecule has 1 aliphatic heterocycles. The van der Waals surface area contributed by atoms with Gasteiger partial charge >= 0.3 is 6.09 Å². The molecule has 1 amide bonds. The van der Waals surface area contributed by atoms with Gasteiger partial charge in [0.2, 0.25) is 0 Å². The van der Waals surface area contributed by atoms with Crippen molar-refractivity contribution in [3.63, 3.8) is 0 Å². The van der Waals surface area contributed by atoms with E-state index >= 15 is 0 Å². The third-order valence-corrected chi connectivity index (χ3v) is 2.48. The molecule has 1 atom stereocenters. The molecule has 3 heteroatoms. The van der Waals surface area contributed by atoms with Crippen molar-refractivity contribution in [2.45, 2.75) is 12.5 Å². The third-order valence-electron chi connectivity index (χ3n) is 2.48. The topological polar surface area (TPSA) is 40.5 Å². The lowest BCUT2D eigenvalue weighted by molar-refractivity contribution is 0.143. The molecule has 1 radical (unpaired) electrons. The van der Waals surface area contributed by atoms with E-state index in [0.717, 1.165) is 12.0 Å². The van der Waals surface area contributed by atoms with E-state index in [0.29, 0.717) is 6.54 Å². The summed E-state index contributed by atoms with van der Waals surface area (Å²) in [6, 6.07) is 9.66. The summed E-state index contributed by atoms with van der Waals surface area (Å²) < 4.78 is 0. The standard InChI is InChI=1S/C11H12NO2/c13-11(14)12-8-4-7-10(12)9-5-2-1-3-6-9/h1-3,5-7,10H,4,8H2,(H,13,14). The monoisotopic (exact) mass is 190 g/mol.